The molecule has 0 radical (unpaired) electrons. The molecule has 1 aliphatic heterocycles. The smallest absolute Gasteiger partial charge is 0.338 e. The van der Waals surface area contributed by atoms with E-state index in [1.54, 1.807) is 30.9 Å². The van der Waals surface area contributed by atoms with Crippen LogP contribution in [0.5, 0.6) is 0 Å². The molecule has 0 aliphatic carbocycles. The number of rotatable bonds is 3. The average molecular weight is 461 g/mol. The fourth-order valence-electron chi connectivity index (χ4n) is 3.55. The van der Waals surface area contributed by atoms with E-state index >= 15 is 0 Å². The summed E-state index contributed by atoms with van der Waals surface area (Å²) in [6.07, 6.45) is 3.03. The molecule has 1 unspecified atom stereocenters. The van der Waals surface area contributed by atoms with Gasteiger partial charge in [-0.1, -0.05) is 29.0 Å². The van der Waals surface area contributed by atoms with Crippen LogP contribution in [0.2, 0.25) is 5.02 Å². The first kappa shape index (κ1) is 21.2. The number of aromatic nitrogens is 3. The van der Waals surface area contributed by atoms with Crippen molar-refractivity contribution in [1.29, 1.82) is 0 Å². The van der Waals surface area contributed by atoms with Gasteiger partial charge in [0.1, 0.15) is 11.9 Å². The van der Waals surface area contributed by atoms with Crippen molar-refractivity contribution in [3.63, 3.8) is 0 Å². The number of aryl methyl sites for hydroxylation is 1. The second kappa shape index (κ2) is 7.90. The zero-order valence-electron chi connectivity index (χ0n) is 17.1. The number of benzene rings is 1. The molecule has 4 rings (SSSR count). The first-order chi connectivity index (χ1) is 14.7. The van der Waals surface area contributed by atoms with Crippen LogP contribution >= 0.6 is 22.9 Å². The first-order valence-electron chi connectivity index (χ1n) is 9.28. The van der Waals surface area contributed by atoms with E-state index in [2.05, 4.69) is 10.1 Å². The SMILES string of the molecule is COC(=O)C1=C(C)N=c2sc(=Cc3c(F)cccc3Cl)c(=O)n2C1c1cnn(C)c1C. The number of carbonyl (C=O) groups is 1. The minimum Gasteiger partial charge on any atom is -0.466 e. The van der Waals surface area contributed by atoms with E-state index in [9.17, 15) is 14.0 Å². The van der Waals surface area contributed by atoms with E-state index < -0.39 is 23.4 Å². The average Bonchev–Trinajstić information content (AvgIpc) is 3.22. The van der Waals surface area contributed by atoms with Crippen LogP contribution in [0.15, 0.2) is 45.5 Å². The molecule has 0 fully saturated rings. The fourth-order valence-corrected chi connectivity index (χ4v) is 4.80. The normalized spacial score (nSPS) is 16.3. The molecular weight excluding hydrogens is 443 g/mol. The monoisotopic (exact) mass is 460 g/mol. The quantitative estimate of drug-likeness (QED) is 0.561. The van der Waals surface area contributed by atoms with E-state index in [-0.39, 0.29) is 20.7 Å². The van der Waals surface area contributed by atoms with Gasteiger partial charge in [0.15, 0.2) is 4.80 Å². The molecule has 0 N–H and O–H groups in total. The molecule has 2 aromatic heterocycles. The van der Waals surface area contributed by atoms with Gasteiger partial charge in [-0.25, -0.2) is 14.2 Å². The van der Waals surface area contributed by atoms with Gasteiger partial charge in [-0.2, -0.15) is 5.10 Å². The molecular formula is C21H18ClFN4O3S. The number of ether oxygens (including phenoxy) is 1. The van der Waals surface area contributed by atoms with Crippen molar-refractivity contribution in [3.05, 3.63) is 83.0 Å². The van der Waals surface area contributed by atoms with Gasteiger partial charge in [-0.15, -0.1) is 0 Å². The Morgan fingerprint density at radius 2 is 2.10 bits per heavy atom. The third-order valence-corrected chi connectivity index (χ3v) is 6.58. The van der Waals surface area contributed by atoms with Crippen LogP contribution in [-0.2, 0) is 16.6 Å². The molecule has 3 heterocycles. The summed E-state index contributed by atoms with van der Waals surface area (Å²) in [4.78, 5) is 30.9. The number of hydrogen-bond donors (Lipinski definition) is 0. The van der Waals surface area contributed by atoms with Crippen LogP contribution in [0, 0.1) is 12.7 Å². The topological polar surface area (TPSA) is 78.5 Å². The highest BCUT2D eigenvalue weighted by Crippen LogP contribution is 2.32. The lowest BCUT2D eigenvalue weighted by Gasteiger charge is -2.23. The van der Waals surface area contributed by atoms with Crippen LogP contribution in [-0.4, -0.2) is 27.4 Å². The third-order valence-electron chi connectivity index (χ3n) is 5.27. The van der Waals surface area contributed by atoms with Crippen LogP contribution in [0.3, 0.4) is 0 Å². The summed E-state index contributed by atoms with van der Waals surface area (Å²) in [6, 6.07) is 3.55. The summed E-state index contributed by atoms with van der Waals surface area (Å²) < 4.78 is 22.6. The minimum absolute atomic E-state index is 0.118. The van der Waals surface area contributed by atoms with Gasteiger partial charge in [0.05, 0.1) is 34.1 Å². The van der Waals surface area contributed by atoms with Crippen molar-refractivity contribution >= 4 is 35.0 Å². The Kier molecular flexibility index (Phi) is 5.40. The predicted octanol–water partition coefficient (Wildman–Crippen LogP) is 2.24. The molecule has 1 atom stereocenters. The zero-order valence-corrected chi connectivity index (χ0v) is 18.7. The van der Waals surface area contributed by atoms with Gasteiger partial charge < -0.3 is 4.74 Å². The molecule has 7 nitrogen and oxygen atoms in total. The highest BCUT2D eigenvalue weighted by atomic mass is 35.5. The number of hydrogen-bond acceptors (Lipinski definition) is 6. The number of esters is 1. The second-order valence-corrected chi connectivity index (χ2v) is 8.43. The van der Waals surface area contributed by atoms with E-state index in [0.29, 0.717) is 16.1 Å². The molecule has 0 saturated carbocycles. The summed E-state index contributed by atoms with van der Waals surface area (Å²) in [5.41, 5.74) is 1.86. The fraction of sp³-hybridized carbons (Fsp3) is 0.238. The number of nitrogens with zero attached hydrogens (tertiary/aromatic N) is 4. The third kappa shape index (κ3) is 3.43. The van der Waals surface area contributed by atoms with E-state index in [1.165, 1.54) is 29.9 Å². The molecule has 3 aromatic rings. The van der Waals surface area contributed by atoms with E-state index in [4.69, 9.17) is 16.3 Å². The van der Waals surface area contributed by atoms with Crippen molar-refractivity contribution < 1.29 is 13.9 Å². The maximum atomic E-state index is 14.3. The predicted molar refractivity (Wildman–Crippen MR) is 115 cm³/mol. The molecule has 1 aliphatic rings. The van der Waals surface area contributed by atoms with Gasteiger partial charge in [-0.3, -0.25) is 14.0 Å². The summed E-state index contributed by atoms with van der Waals surface area (Å²) in [7, 11) is 3.05. The van der Waals surface area contributed by atoms with Crippen LogP contribution in [0.25, 0.3) is 6.08 Å². The summed E-state index contributed by atoms with van der Waals surface area (Å²) in [6.45, 7) is 3.54. The van der Waals surface area contributed by atoms with Crippen LogP contribution in [0.4, 0.5) is 4.39 Å². The molecule has 160 valence electrons. The number of allylic oxidation sites excluding steroid dienone is 1. The molecule has 31 heavy (non-hydrogen) atoms. The van der Waals surface area contributed by atoms with Crippen molar-refractivity contribution in [2.45, 2.75) is 19.9 Å². The standard InChI is InChI=1S/C21H18ClFN4O3S/c1-10-17(20(29)30-4)18(13-9-24-26(3)11(13)2)27-19(28)16(31-21(27)25-10)8-12-14(22)6-5-7-15(12)23/h5-9,18H,1-4H3. The van der Waals surface area contributed by atoms with E-state index in [1.807, 2.05) is 6.92 Å². The largest absolute Gasteiger partial charge is 0.466 e. The highest BCUT2D eigenvalue weighted by molar-refractivity contribution is 7.07. The van der Waals surface area contributed by atoms with Crippen molar-refractivity contribution in [3.8, 4) is 0 Å². The Hall–Kier alpha value is -3.04. The van der Waals surface area contributed by atoms with Gasteiger partial charge in [0.25, 0.3) is 5.56 Å². The number of carbonyl (C=O) groups excluding carboxylic acids is 1. The van der Waals surface area contributed by atoms with Crippen LogP contribution < -0.4 is 14.9 Å². The van der Waals surface area contributed by atoms with Crippen molar-refractivity contribution in [2.24, 2.45) is 12.0 Å². The Bertz CT molecular complexity index is 1410. The van der Waals surface area contributed by atoms with Crippen molar-refractivity contribution in [1.82, 2.24) is 14.3 Å². The van der Waals surface area contributed by atoms with Gasteiger partial charge in [0, 0.05) is 23.9 Å². The van der Waals surface area contributed by atoms with Gasteiger partial charge >= 0.3 is 5.97 Å². The molecule has 0 spiro atoms. The van der Waals surface area contributed by atoms with E-state index in [0.717, 1.165) is 17.0 Å². The summed E-state index contributed by atoms with van der Waals surface area (Å²) in [5, 5.41) is 4.45. The van der Waals surface area contributed by atoms with Gasteiger partial charge in [0.2, 0.25) is 0 Å². The number of fused-ring (bicyclic) bond motifs is 1. The van der Waals surface area contributed by atoms with Crippen LogP contribution in [0.1, 0.15) is 29.8 Å². The zero-order chi connectivity index (χ0) is 22.4. The molecule has 0 bridgehead atoms. The lowest BCUT2D eigenvalue weighted by atomic mass is 9.96. The Morgan fingerprint density at radius 1 is 1.35 bits per heavy atom. The highest BCUT2D eigenvalue weighted by Gasteiger charge is 2.35. The first-order valence-corrected chi connectivity index (χ1v) is 10.5. The second-order valence-electron chi connectivity index (χ2n) is 7.02. The Morgan fingerprint density at radius 3 is 2.71 bits per heavy atom. The van der Waals surface area contributed by atoms with Crippen molar-refractivity contribution in [2.75, 3.05) is 7.11 Å². The molecule has 0 amide bonds. The maximum Gasteiger partial charge on any atom is 0.338 e. The molecule has 0 saturated heterocycles. The molecule has 1 aromatic carbocycles. The maximum absolute atomic E-state index is 14.3. The Labute approximate surface area is 185 Å². The summed E-state index contributed by atoms with van der Waals surface area (Å²) in [5.74, 6) is -1.12. The number of thiazole rings is 1. The van der Waals surface area contributed by atoms with Gasteiger partial charge in [-0.05, 0) is 32.1 Å². The lowest BCUT2D eigenvalue weighted by Crippen LogP contribution is -2.40. The molecule has 10 heteroatoms. The number of methoxy groups -OCH3 is 1. The lowest BCUT2D eigenvalue weighted by molar-refractivity contribution is -0.136. The number of halogens is 2. The Balaban J connectivity index is 2.04. The summed E-state index contributed by atoms with van der Waals surface area (Å²) >= 11 is 7.23. The minimum atomic E-state index is -0.768.